The van der Waals surface area contributed by atoms with Crippen molar-refractivity contribution in [3.05, 3.63) is 59.2 Å². The second-order valence-corrected chi connectivity index (χ2v) is 5.42. The number of amides is 2. The monoisotopic (exact) mass is 339 g/mol. The SMILES string of the molecule is CCOc1ccc(/C=N\NC(=O)C(=O)Nc2c(C)cccc2C)cc1. The molecule has 0 saturated heterocycles. The van der Waals surface area contributed by atoms with Gasteiger partial charge in [0.2, 0.25) is 0 Å². The van der Waals surface area contributed by atoms with Gasteiger partial charge in [-0.25, -0.2) is 5.43 Å². The van der Waals surface area contributed by atoms with Crippen LogP contribution in [0.4, 0.5) is 5.69 Å². The van der Waals surface area contributed by atoms with Crippen LogP contribution in [-0.2, 0) is 9.59 Å². The molecule has 2 aromatic rings. The maximum absolute atomic E-state index is 12.0. The zero-order chi connectivity index (χ0) is 18.2. The number of carbonyl (C=O) groups excluding carboxylic acids is 2. The van der Waals surface area contributed by atoms with Crippen molar-refractivity contribution in [2.75, 3.05) is 11.9 Å². The van der Waals surface area contributed by atoms with E-state index in [2.05, 4.69) is 15.8 Å². The number of para-hydroxylation sites is 1. The number of benzene rings is 2. The molecule has 0 spiro atoms. The maximum atomic E-state index is 12.0. The van der Waals surface area contributed by atoms with E-state index < -0.39 is 11.8 Å². The third kappa shape index (κ3) is 5.17. The van der Waals surface area contributed by atoms with Crippen molar-refractivity contribution in [2.24, 2.45) is 5.10 Å². The molecule has 25 heavy (non-hydrogen) atoms. The predicted molar refractivity (Wildman–Crippen MR) is 97.9 cm³/mol. The number of rotatable bonds is 5. The van der Waals surface area contributed by atoms with E-state index in [1.807, 2.05) is 39.0 Å². The minimum absolute atomic E-state index is 0.596. The summed E-state index contributed by atoms with van der Waals surface area (Å²) in [5.74, 6) is -0.831. The van der Waals surface area contributed by atoms with Crippen LogP contribution in [-0.4, -0.2) is 24.6 Å². The summed E-state index contributed by atoms with van der Waals surface area (Å²) in [7, 11) is 0. The molecule has 0 radical (unpaired) electrons. The van der Waals surface area contributed by atoms with Crippen LogP contribution in [0.3, 0.4) is 0 Å². The lowest BCUT2D eigenvalue weighted by atomic mass is 10.1. The van der Waals surface area contributed by atoms with E-state index in [4.69, 9.17) is 4.74 Å². The van der Waals surface area contributed by atoms with E-state index in [9.17, 15) is 9.59 Å². The molecule has 0 fully saturated rings. The van der Waals surface area contributed by atoms with Gasteiger partial charge in [-0.2, -0.15) is 5.10 Å². The molecule has 0 aliphatic heterocycles. The number of ether oxygens (including phenoxy) is 1. The Morgan fingerprint density at radius 3 is 2.28 bits per heavy atom. The first-order chi connectivity index (χ1) is 12.0. The van der Waals surface area contributed by atoms with E-state index >= 15 is 0 Å². The molecule has 2 rings (SSSR count). The Morgan fingerprint density at radius 1 is 1.04 bits per heavy atom. The highest BCUT2D eigenvalue weighted by molar-refractivity contribution is 6.39. The number of hydrogen-bond acceptors (Lipinski definition) is 4. The zero-order valence-electron chi connectivity index (χ0n) is 14.5. The fourth-order valence-corrected chi connectivity index (χ4v) is 2.21. The molecule has 0 atom stereocenters. The number of aryl methyl sites for hydroxylation is 2. The molecule has 2 N–H and O–H groups in total. The Bertz CT molecular complexity index is 763. The number of hydrazone groups is 1. The number of nitrogens with one attached hydrogen (secondary N) is 2. The zero-order valence-corrected chi connectivity index (χ0v) is 14.5. The van der Waals surface area contributed by atoms with Gasteiger partial charge < -0.3 is 10.1 Å². The first-order valence-corrected chi connectivity index (χ1v) is 7.94. The maximum Gasteiger partial charge on any atom is 0.329 e. The molecule has 0 saturated carbocycles. The second-order valence-electron chi connectivity index (χ2n) is 5.42. The van der Waals surface area contributed by atoms with Crippen LogP contribution in [0.5, 0.6) is 5.75 Å². The number of nitrogens with zero attached hydrogens (tertiary/aromatic N) is 1. The lowest BCUT2D eigenvalue weighted by Gasteiger charge is -2.10. The van der Waals surface area contributed by atoms with Crippen LogP contribution < -0.4 is 15.5 Å². The highest BCUT2D eigenvalue weighted by atomic mass is 16.5. The van der Waals surface area contributed by atoms with Gasteiger partial charge in [-0.3, -0.25) is 9.59 Å². The summed E-state index contributed by atoms with van der Waals surface area (Å²) in [6.07, 6.45) is 1.46. The summed E-state index contributed by atoms with van der Waals surface area (Å²) >= 11 is 0. The molecular formula is C19H21N3O3. The van der Waals surface area contributed by atoms with Gasteiger partial charge >= 0.3 is 11.8 Å². The standard InChI is InChI=1S/C19H21N3O3/c1-4-25-16-10-8-15(9-11-16)12-20-22-19(24)18(23)21-17-13(2)6-5-7-14(17)3/h5-12H,4H2,1-3H3,(H,21,23)(H,22,24)/b20-12-. The van der Waals surface area contributed by atoms with Gasteiger partial charge in [0.1, 0.15) is 5.75 Å². The highest BCUT2D eigenvalue weighted by Crippen LogP contribution is 2.19. The summed E-state index contributed by atoms with van der Waals surface area (Å²) < 4.78 is 5.34. The van der Waals surface area contributed by atoms with Crippen molar-refractivity contribution in [3.63, 3.8) is 0 Å². The normalized spacial score (nSPS) is 10.5. The van der Waals surface area contributed by atoms with Crippen molar-refractivity contribution in [1.82, 2.24) is 5.43 Å². The third-order valence-corrected chi connectivity index (χ3v) is 3.50. The first-order valence-electron chi connectivity index (χ1n) is 7.94. The smallest absolute Gasteiger partial charge is 0.329 e. The van der Waals surface area contributed by atoms with Gasteiger partial charge in [-0.1, -0.05) is 18.2 Å². The Balaban J connectivity index is 1.91. The highest BCUT2D eigenvalue weighted by Gasteiger charge is 2.14. The van der Waals surface area contributed by atoms with Gasteiger partial charge in [0.15, 0.2) is 0 Å². The van der Waals surface area contributed by atoms with E-state index in [-0.39, 0.29) is 0 Å². The van der Waals surface area contributed by atoms with Crippen LogP contribution in [0.15, 0.2) is 47.6 Å². The van der Waals surface area contributed by atoms with Gasteiger partial charge in [-0.15, -0.1) is 0 Å². The lowest BCUT2D eigenvalue weighted by Crippen LogP contribution is -2.32. The molecule has 0 unspecified atom stereocenters. The van der Waals surface area contributed by atoms with Crippen molar-refractivity contribution < 1.29 is 14.3 Å². The molecule has 6 nitrogen and oxygen atoms in total. The van der Waals surface area contributed by atoms with Gasteiger partial charge in [0.25, 0.3) is 0 Å². The molecule has 0 aliphatic carbocycles. The molecule has 2 amide bonds. The fourth-order valence-electron chi connectivity index (χ4n) is 2.21. The lowest BCUT2D eigenvalue weighted by molar-refractivity contribution is -0.136. The van der Waals surface area contributed by atoms with Crippen LogP contribution in [0, 0.1) is 13.8 Å². The van der Waals surface area contributed by atoms with Crippen LogP contribution in [0.1, 0.15) is 23.6 Å². The molecule has 130 valence electrons. The van der Waals surface area contributed by atoms with Crippen molar-refractivity contribution in [2.45, 2.75) is 20.8 Å². The Kier molecular flexibility index (Phi) is 6.28. The molecule has 2 aromatic carbocycles. The van der Waals surface area contributed by atoms with Gasteiger partial charge in [-0.05, 0) is 61.7 Å². The fraction of sp³-hybridized carbons (Fsp3) is 0.211. The van der Waals surface area contributed by atoms with Gasteiger partial charge in [0.05, 0.1) is 12.8 Å². The number of carbonyl (C=O) groups is 2. The van der Waals surface area contributed by atoms with E-state index in [1.54, 1.807) is 24.3 Å². The third-order valence-electron chi connectivity index (χ3n) is 3.50. The predicted octanol–water partition coefficient (Wildman–Crippen LogP) is 2.79. The van der Waals surface area contributed by atoms with Crippen LogP contribution in [0.25, 0.3) is 0 Å². The average molecular weight is 339 g/mol. The molecule has 6 heteroatoms. The molecule has 0 aliphatic rings. The number of anilines is 1. The first kappa shape index (κ1) is 18.2. The summed E-state index contributed by atoms with van der Waals surface area (Å²) in [5, 5.41) is 6.41. The van der Waals surface area contributed by atoms with Crippen LogP contribution in [0.2, 0.25) is 0 Å². The summed E-state index contributed by atoms with van der Waals surface area (Å²) in [6, 6.07) is 12.8. The van der Waals surface area contributed by atoms with Crippen molar-refractivity contribution in [3.8, 4) is 5.75 Å². The largest absolute Gasteiger partial charge is 0.494 e. The minimum atomic E-state index is -0.829. The molecule has 0 aromatic heterocycles. The summed E-state index contributed by atoms with van der Waals surface area (Å²) in [4.78, 5) is 23.8. The Morgan fingerprint density at radius 2 is 1.68 bits per heavy atom. The average Bonchev–Trinajstić information content (AvgIpc) is 2.60. The molecule has 0 bridgehead atoms. The molecular weight excluding hydrogens is 318 g/mol. The van der Waals surface area contributed by atoms with Crippen LogP contribution >= 0.6 is 0 Å². The summed E-state index contributed by atoms with van der Waals surface area (Å²) in [6.45, 7) is 6.24. The topological polar surface area (TPSA) is 79.8 Å². The van der Waals surface area contributed by atoms with Crippen molar-refractivity contribution >= 4 is 23.7 Å². The quantitative estimate of drug-likeness (QED) is 0.499. The van der Waals surface area contributed by atoms with Gasteiger partial charge in [0, 0.05) is 5.69 Å². The minimum Gasteiger partial charge on any atom is -0.494 e. The summed E-state index contributed by atoms with van der Waals surface area (Å²) in [5.41, 5.74) is 5.41. The Hall–Kier alpha value is -3.15. The second kappa shape index (κ2) is 8.63. The van der Waals surface area contributed by atoms with E-state index in [0.717, 1.165) is 22.4 Å². The van der Waals surface area contributed by atoms with Crippen molar-refractivity contribution in [1.29, 1.82) is 0 Å². The molecule has 0 heterocycles. The van der Waals surface area contributed by atoms with E-state index in [1.165, 1.54) is 6.21 Å². The Labute approximate surface area is 146 Å². The van der Waals surface area contributed by atoms with E-state index in [0.29, 0.717) is 12.3 Å². The number of hydrogen-bond donors (Lipinski definition) is 2.